The van der Waals surface area contributed by atoms with E-state index < -0.39 is 23.9 Å². The van der Waals surface area contributed by atoms with Crippen molar-refractivity contribution in [1.82, 2.24) is 25.8 Å². The number of nitrogens with one attached hydrogen (secondary N) is 3. The van der Waals surface area contributed by atoms with Crippen molar-refractivity contribution in [2.75, 3.05) is 39.8 Å². The first-order chi connectivity index (χ1) is 17.1. The molecule has 1 saturated heterocycles. The maximum Gasteiger partial charge on any atom is 0.255 e. The number of rotatable bonds is 3. The third-order valence-corrected chi connectivity index (χ3v) is 6.39. The van der Waals surface area contributed by atoms with Crippen LogP contribution in [-0.4, -0.2) is 91.4 Å². The number of nitrogens with zero attached hydrogens (tertiary/aromatic N) is 2. The minimum absolute atomic E-state index is 0.141. The SMILES string of the molecule is CC(C)C[C@@H]1NC(=O)C[C@@H](C(=O)N2CCCN(C)CC2)NC(=O)c2ccccc2OC[C@@H](C)NC1=O. The number of hydrogen-bond acceptors (Lipinski definition) is 6. The highest BCUT2D eigenvalue weighted by Crippen LogP contribution is 2.19. The van der Waals surface area contributed by atoms with Crippen LogP contribution in [0.3, 0.4) is 0 Å². The van der Waals surface area contributed by atoms with Gasteiger partial charge >= 0.3 is 0 Å². The molecular formula is C26H39N5O5. The van der Waals surface area contributed by atoms with Crippen LogP contribution in [0.1, 0.15) is 50.4 Å². The molecular weight excluding hydrogens is 462 g/mol. The smallest absolute Gasteiger partial charge is 0.255 e. The maximum absolute atomic E-state index is 13.5. The van der Waals surface area contributed by atoms with Gasteiger partial charge in [0.05, 0.1) is 18.0 Å². The van der Waals surface area contributed by atoms with Gasteiger partial charge < -0.3 is 30.5 Å². The first-order valence-corrected chi connectivity index (χ1v) is 12.7. The fraction of sp³-hybridized carbons (Fsp3) is 0.615. The van der Waals surface area contributed by atoms with E-state index in [0.717, 1.165) is 13.0 Å². The molecule has 0 unspecified atom stereocenters. The average molecular weight is 502 g/mol. The number of carbonyl (C=O) groups excluding carboxylic acids is 4. The van der Waals surface area contributed by atoms with Crippen molar-refractivity contribution in [2.45, 2.75) is 58.2 Å². The fourth-order valence-electron chi connectivity index (χ4n) is 4.44. The first kappa shape index (κ1) is 27.4. The zero-order valence-corrected chi connectivity index (χ0v) is 21.7. The van der Waals surface area contributed by atoms with Crippen LogP contribution in [-0.2, 0) is 14.4 Å². The van der Waals surface area contributed by atoms with Gasteiger partial charge in [-0.25, -0.2) is 0 Å². The van der Waals surface area contributed by atoms with E-state index in [1.807, 2.05) is 20.9 Å². The van der Waals surface area contributed by atoms with E-state index in [2.05, 4.69) is 20.9 Å². The second kappa shape index (κ2) is 12.7. The third-order valence-electron chi connectivity index (χ3n) is 6.39. The summed E-state index contributed by atoms with van der Waals surface area (Å²) >= 11 is 0. The van der Waals surface area contributed by atoms with Crippen LogP contribution in [0, 0.1) is 5.92 Å². The monoisotopic (exact) mass is 501 g/mol. The minimum atomic E-state index is -1.07. The molecule has 2 aliphatic heterocycles. The zero-order chi connectivity index (χ0) is 26.2. The van der Waals surface area contributed by atoms with Crippen LogP contribution in [0.15, 0.2) is 24.3 Å². The van der Waals surface area contributed by atoms with Gasteiger partial charge in [0.1, 0.15) is 24.4 Å². The predicted molar refractivity (Wildman–Crippen MR) is 135 cm³/mol. The van der Waals surface area contributed by atoms with Crippen LogP contribution >= 0.6 is 0 Å². The molecule has 1 aromatic rings. The summed E-state index contributed by atoms with van der Waals surface area (Å²) in [6.07, 6.45) is 0.982. The molecule has 0 radical (unpaired) electrons. The van der Waals surface area contributed by atoms with Crippen molar-refractivity contribution in [1.29, 1.82) is 0 Å². The van der Waals surface area contributed by atoms with Crippen molar-refractivity contribution >= 4 is 23.6 Å². The Morgan fingerprint density at radius 1 is 1.06 bits per heavy atom. The Morgan fingerprint density at radius 3 is 2.56 bits per heavy atom. The summed E-state index contributed by atoms with van der Waals surface area (Å²) in [5.41, 5.74) is 0.263. The number of amides is 4. The van der Waals surface area contributed by atoms with Crippen LogP contribution < -0.4 is 20.7 Å². The molecule has 198 valence electrons. The molecule has 0 bridgehead atoms. The van der Waals surface area contributed by atoms with Gasteiger partial charge in [0.2, 0.25) is 17.7 Å². The molecule has 10 nitrogen and oxygen atoms in total. The number of carbonyl (C=O) groups is 4. The third kappa shape index (κ3) is 7.68. The second-order valence-corrected chi connectivity index (χ2v) is 10.2. The van der Waals surface area contributed by atoms with E-state index in [1.165, 1.54) is 0 Å². The lowest BCUT2D eigenvalue weighted by Crippen LogP contribution is -2.54. The highest BCUT2D eigenvalue weighted by molar-refractivity contribution is 6.01. The number of fused-ring (bicyclic) bond motifs is 1. The minimum Gasteiger partial charge on any atom is -0.491 e. The largest absolute Gasteiger partial charge is 0.491 e. The topological polar surface area (TPSA) is 120 Å². The van der Waals surface area contributed by atoms with Crippen molar-refractivity contribution < 1.29 is 23.9 Å². The highest BCUT2D eigenvalue weighted by atomic mass is 16.5. The summed E-state index contributed by atoms with van der Waals surface area (Å²) < 4.78 is 5.88. The van der Waals surface area contributed by atoms with Gasteiger partial charge in [-0.05, 0) is 51.4 Å². The van der Waals surface area contributed by atoms with Gasteiger partial charge in [-0.15, -0.1) is 0 Å². The molecule has 3 rings (SSSR count). The number of para-hydroxylation sites is 1. The summed E-state index contributed by atoms with van der Waals surface area (Å²) in [5, 5.41) is 8.46. The number of ether oxygens (including phenoxy) is 1. The van der Waals surface area contributed by atoms with Crippen LogP contribution in [0.2, 0.25) is 0 Å². The molecule has 4 amide bonds. The lowest BCUT2D eigenvalue weighted by atomic mass is 10.0. The Morgan fingerprint density at radius 2 is 1.81 bits per heavy atom. The zero-order valence-electron chi connectivity index (χ0n) is 21.7. The number of benzene rings is 1. The van der Waals surface area contributed by atoms with E-state index in [9.17, 15) is 19.2 Å². The van der Waals surface area contributed by atoms with E-state index in [1.54, 1.807) is 36.1 Å². The summed E-state index contributed by atoms with van der Waals surface area (Å²) in [5.74, 6) is -1.06. The van der Waals surface area contributed by atoms with E-state index in [4.69, 9.17) is 4.74 Å². The first-order valence-electron chi connectivity index (χ1n) is 12.7. The van der Waals surface area contributed by atoms with Gasteiger partial charge in [0.15, 0.2) is 0 Å². The van der Waals surface area contributed by atoms with Crippen molar-refractivity contribution in [3.8, 4) is 5.75 Å². The quantitative estimate of drug-likeness (QED) is 0.563. The van der Waals surface area contributed by atoms with E-state index in [-0.39, 0.29) is 42.4 Å². The molecule has 10 heteroatoms. The summed E-state index contributed by atoms with van der Waals surface area (Å²) in [4.78, 5) is 56.7. The Kier molecular flexibility index (Phi) is 9.69. The Labute approximate surface area is 213 Å². The lowest BCUT2D eigenvalue weighted by molar-refractivity contribution is -0.136. The summed E-state index contributed by atoms with van der Waals surface area (Å²) in [6.45, 7) is 8.53. The van der Waals surface area contributed by atoms with Gasteiger partial charge in [-0.2, -0.15) is 0 Å². The van der Waals surface area contributed by atoms with Crippen molar-refractivity contribution in [3.05, 3.63) is 29.8 Å². The molecule has 2 aliphatic rings. The molecule has 1 fully saturated rings. The lowest BCUT2D eigenvalue weighted by Gasteiger charge is -2.28. The highest BCUT2D eigenvalue weighted by Gasteiger charge is 2.32. The molecule has 3 atom stereocenters. The molecule has 1 aromatic carbocycles. The molecule has 2 heterocycles. The van der Waals surface area contributed by atoms with Crippen LogP contribution in [0.4, 0.5) is 0 Å². The normalized spacial score (nSPS) is 25.0. The molecule has 0 saturated carbocycles. The second-order valence-electron chi connectivity index (χ2n) is 10.2. The Hall–Kier alpha value is -3.14. The van der Waals surface area contributed by atoms with Gasteiger partial charge in [-0.3, -0.25) is 19.2 Å². The molecule has 0 aromatic heterocycles. The average Bonchev–Trinajstić information content (AvgIpc) is 3.05. The van der Waals surface area contributed by atoms with Crippen LogP contribution in [0.5, 0.6) is 5.75 Å². The van der Waals surface area contributed by atoms with Crippen molar-refractivity contribution in [2.24, 2.45) is 5.92 Å². The standard InChI is InChI=1S/C26H39N5O5/c1-17(2)14-20-25(34)27-18(3)16-36-22-9-6-5-8-19(22)24(33)29-21(15-23(32)28-20)26(35)31-11-7-10-30(4)12-13-31/h5-6,8-9,17-18,20-21H,7,10-16H2,1-4H3,(H,27,34)(H,28,32)(H,29,33)/t18-,20+,21+/m1/s1. The van der Waals surface area contributed by atoms with Gasteiger partial charge in [0, 0.05) is 19.6 Å². The molecule has 3 N–H and O–H groups in total. The predicted octanol–water partition coefficient (Wildman–Crippen LogP) is 0.767. The Bertz CT molecular complexity index is 952. The molecule has 36 heavy (non-hydrogen) atoms. The fourth-order valence-corrected chi connectivity index (χ4v) is 4.44. The van der Waals surface area contributed by atoms with Crippen molar-refractivity contribution in [3.63, 3.8) is 0 Å². The Balaban J connectivity index is 1.91. The number of hydrogen-bond donors (Lipinski definition) is 3. The summed E-state index contributed by atoms with van der Waals surface area (Å²) in [6, 6.07) is 4.57. The van der Waals surface area contributed by atoms with Gasteiger partial charge in [0.25, 0.3) is 5.91 Å². The number of likely N-dealkylation sites (N-methyl/N-ethyl adjacent to an activating group) is 1. The molecule has 0 spiro atoms. The van der Waals surface area contributed by atoms with Gasteiger partial charge in [-0.1, -0.05) is 26.0 Å². The summed E-state index contributed by atoms with van der Waals surface area (Å²) in [7, 11) is 2.00. The molecule has 0 aliphatic carbocycles. The van der Waals surface area contributed by atoms with E-state index in [0.29, 0.717) is 31.8 Å². The van der Waals surface area contributed by atoms with E-state index >= 15 is 0 Å². The maximum atomic E-state index is 13.5. The van der Waals surface area contributed by atoms with Crippen LogP contribution in [0.25, 0.3) is 0 Å².